The van der Waals surface area contributed by atoms with Crippen molar-refractivity contribution in [1.82, 2.24) is 4.98 Å². The second-order valence-electron chi connectivity index (χ2n) is 7.27. The number of allylic oxidation sites excluding steroid dienone is 2. The number of aliphatic carboxylic acids is 2. The van der Waals surface area contributed by atoms with Crippen molar-refractivity contribution in [2.24, 2.45) is 5.41 Å². The molecule has 158 valence electrons. The normalized spacial score (nSPS) is 20.5. The first-order valence-electron chi connectivity index (χ1n) is 9.18. The predicted molar refractivity (Wildman–Crippen MR) is 114 cm³/mol. The van der Waals surface area contributed by atoms with E-state index in [1.807, 2.05) is 0 Å². The average molecular weight is 440 g/mol. The smallest absolute Gasteiger partial charge is 0.332 e. The zero-order valence-corrected chi connectivity index (χ0v) is 17.0. The molecule has 0 amide bonds. The molecule has 31 heavy (non-hydrogen) atoms. The summed E-state index contributed by atoms with van der Waals surface area (Å²) in [5.41, 5.74) is 4.82. The number of carboxylic acids is 2. The Labute approximate surface area is 179 Å². The summed E-state index contributed by atoms with van der Waals surface area (Å²) in [6.45, 7) is 1.48. The lowest BCUT2D eigenvalue weighted by atomic mass is 9.69. The number of carboxylic acid groups (broad SMARTS) is 2. The number of nitrogen functional groups attached to an aromatic ring is 1. The summed E-state index contributed by atoms with van der Waals surface area (Å²) in [6, 6.07) is 7.26. The van der Waals surface area contributed by atoms with Crippen molar-refractivity contribution in [3.05, 3.63) is 71.0 Å². The maximum atomic E-state index is 14.2. The van der Waals surface area contributed by atoms with Gasteiger partial charge in [0.15, 0.2) is 11.6 Å². The van der Waals surface area contributed by atoms with E-state index in [1.165, 1.54) is 43.5 Å². The summed E-state index contributed by atoms with van der Waals surface area (Å²) in [5, 5.41) is 19.5. The second-order valence-corrected chi connectivity index (χ2v) is 8.36. The van der Waals surface area contributed by atoms with Crippen LogP contribution >= 0.6 is 11.3 Å². The van der Waals surface area contributed by atoms with Crippen LogP contribution in [-0.4, -0.2) is 27.1 Å². The number of rotatable bonds is 5. The molecule has 2 unspecified atom stereocenters. The summed E-state index contributed by atoms with van der Waals surface area (Å²) < 4.78 is 20.5. The van der Waals surface area contributed by atoms with Gasteiger partial charge in [0.25, 0.3) is 0 Å². The Hall–Kier alpha value is -3.72. The monoisotopic (exact) mass is 440 g/mol. The van der Waals surface area contributed by atoms with E-state index in [0.717, 1.165) is 17.4 Å². The van der Waals surface area contributed by atoms with E-state index >= 15 is 0 Å². The zero-order chi connectivity index (χ0) is 22.3. The van der Waals surface area contributed by atoms with Gasteiger partial charge >= 0.3 is 11.9 Å². The van der Waals surface area contributed by atoms with Crippen molar-refractivity contribution in [1.29, 1.82) is 0 Å². The fraction of sp³-hybridized carbons (Fsp3) is 0.136. The van der Waals surface area contributed by atoms with Crippen molar-refractivity contribution in [3.63, 3.8) is 0 Å². The highest BCUT2D eigenvalue weighted by Gasteiger charge is 2.46. The van der Waals surface area contributed by atoms with E-state index in [2.05, 4.69) is 4.98 Å². The molecule has 1 aliphatic carbocycles. The quantitative estimate of drug-likeness (QED) is 0.497. The van der Waals surface area contributed by atoms with Gasteiger partial charge in [0, 0.05) is 40.4 Å². The van der Waals surface area contributed by atoms with Gasteiger partial charge in [-0.15, -0.1) is 11.3 Å². The Balaban J connectivity index is 1.83. The summed E-state index contributed by atoms with van der Waals surface area (Å²) in [5.74, 6) is -3.63. The highest BCUT2D eigenvalue weighted by molar-refractivity contribution is 7.19. The number of nitrogens with zero attached hydrogens (tertiary/aromatic N) is 1. The van der Waals surface area contributed by atoms with Crippen molar-refractivity contribution in [2.45, 2.75) is 12.8 Å². The number of carbonyl (C=O) groups is 2. The van der Waals surface area contributed by atoms with Crippen LogP contribution in [0.2, 0.25) is 0 Å². The van der Waals surface area contributed by atoms with Crippen LogP contribution in [0.25, 0.3) is 10.2 Å². The van der Waals surface area contributed by atoms with Crippen LogP contribution in [0.4, 0.5) is 10.1 Å². The first-order valence-corrected chi connectivity index (χ1v) is 10.00. The van der Waals surface area contributed by atoms with Crippen LogP contribution in [0.3, 0.4) is 0 Å². The molecular weight excluding hydrogens is 423 g/mol. The van der Waals surface area contributed by atoms with Gasteiger partial charge in [-0.05, 0) is 25.1 Å². The lowest BCUT2D eigenvalue weighted by Gasteiger charge is -2.33. The third-order valence-corrected chi connectivity index (χ3v) is 6.40. The van der Waals surface area contributed by atoms with Crippen LogP contribution in [-0.2, 0) is 9.59 Å². The van der Waals surface area contributed by atoms with Gasteiger partial charge in [-0.2, -0.15) is 0 Å². The number of hydrogen-bond donors (Lipinski definition) is 3. The Bertz CT molecular complexity index is 1280. The SMILES string of the molecule is CC1(C(=O)O)C=CC=C(C(=O)O)C1c1cc2nccc(Oc3ccc(N)cc3F)c2s1. The number of thiophene rings is 1. The molecule has 4 N–H and O–H groups in total. The van der Waals surface area contributed by atoms with Crippen LogP contribution in [0.15, 0.2) is 60.3 Å². The number of fused-ring (bicyclic) bond motifs is 1. The van der Waals surface area contributed by atoms with Gasteiger partial charge in [-0.25, -0.2) is 9.18 Å². The molecule has 2 aromatic heterocycles. The Kier molecular flexibility index (Phi) is 4.98. The van der Waals surface area contributed by atoms with Crippen molar-refractivity contribution >= 4 is 39.2 Å². The molecule has 2 atom stereocenters. The number of halogens is 1. The number of anilines is 1. The molecule has 1 aromatic carbocycles. The van der Waals surface area contributed by atoms with E-state index in [9.17, 15) is 24.2 Å². The van der Waals surface area contributed by atoms with Gasteiger partial charge in [0.2, 0.25) is 0 Å². The van der Waals surface area contributed by atoms with E-state index in [4.69, 9.17) is 10.5 Å². The summed E-state index contributed by atoms with van der Waals surface area (Å²) in [6.07, 6.45) is 5.80. The molecule has 9 heteroatoms. The van der Waals surface area contributed by atoms with Crippen molar-refractivity contribution in [2.75, 3.05) is 5.73 Å². The van der Waals surface area contributed by atoms with E-state index in [1.54, 1.807) is 12.1 Å². The zero-order valence-electron chi connectivity index (χ0n) is 16.2. The van der Waals surface area contributed by atoms with Gasteiger partial charge in [0.05, 0.1) is 15.6 Å². The van der Waals surface area contributed by atoms with Crippen LogP contribution in [0, 0.1) is 11.2 Å². The minimum Gasteiger partial charge on any atom is -0.481 e. The second kappa shape index (κ2) is 7.51. The van der Waals surface area contributed by atoms with Crippen LogP contribution in [0.1, 0.15) is 17.7 Å². The molecule has 0 bridgehead atoms. The molecule has 0 radical (unpaired) electrons. The largest absolute Gasteiger partial charge is 0.481 e. The number of aromatic nitrogens is 1. The number of benzene rings is 1. The molecule has 4 rings (SSSR count). The van der Waals surface area contributed by atoms with E-state index in [0.29, 0.717) is 20.8 Å². The molecule has 0 saturated heterocycles. The first-order chi connectivity index (χ1) is 14.7. The number of nitrogens with two attached hydrogens (primary N) is 1. The number of pyridine rings is 1. The third-order valence-electron chi connectivity index (χ3n) is 5.19. The topological polar surface area (TPSA) is 123 Å². The molecule has 0 fully saturated rings. The highest BCUT2D eigenvalue weighted by Crippen LogP contribution is 2.49. The average Bonchev–Trinajstić information content (AvgIpc) is 3.14. The number of hydrogen-bond acceptors (Lipinski definition) is 6. The molecule has 0 spiro atoms. The standard InChI is InChI=1S/C22H17FN2O5S/c1-22(21(28)29)7-2-3-12(20(26)27)18(22)17-10-14-19(31-17)16(6-8-25-14)30-15-5-4-11(24)9-13(15)23/h2-10,18H,24H2,1H3,(H,26,27)(H,28,29). The first kappa shape index (κ1) is 20.5. The van der Waals surface area contributed by atoms with Gasteiger partial charge in [-0.3, -0.25) is 9.78 Å². The molecular formula is C22H17FN2O5S. The Morgan fingerprint density at radius 1 is 1.23 bits per heavy atom. The molecule has 3 aromatic rings. The Morgan fingerprint density at radius 3 is 2.68 bits per heavy atom. The highest BCUT2D eigenvalue weighted by atomic mass is 32.1. The lowest BCUT2D eigenvalue weighted by molar-refractivity contribution is -0.146. The van der Waals surface area contributed by atoms with Crippen LogP contribution in [0.5, 0.6) is 11.5 Å². The fourth-order valence-corrected chi connectivity index (χ4v) is 4.90. The maximum Gasteiger partial charge on any atom is 0.332 e. The van der Waals surface area contributed by atoms with Gasteiger partial charge < -0.3 is 20.7 Å². The van der Waals surface area contributed by atoms with Crippen molar-refractivity contribution in [3.8, 4) is 11.5 Å². The van der Waals surface area contributed by atoms with Gasteiger partial charge in [0.1, 0.15) is 5.75 Å². The summed E-state index contributed by atoms with van der Waals surface area (Å²) >= 11 is 1.16. The van der Waals surface area contributed by atoms with Gasteiger partial charge in [-0.1, -0.05) is 18.2 Å². The molecule has 0 saturated carbocycles. The molecule has 1 aliphatic rings. The molecule has 0 aliphatic heterocycles. The number of ether oxygens (including phenoxy) is 1. The minimum atomic E-state index is -1.46. The third kappa shape index (κ3) is 3.53. The summed E-state index contributed by atoms with van der Waals surface area (Å²) in [4.78, 5) is 28.7. The van der Waals surface area contributed by atoms with Crippen LogP contribution < -0.4 is 10.5 Å². The summed E-state index contributed by atoms with van der Waals surface area (Å²) in [7, 11) is 0. The maximum absolute atomic E-state index is 14.2. The molecule has 7 nitrogen and oxygen atoms in total. The lowest BCUT2D eigenvalue weighted by Crippen LogP contribution is -2.36. The minimum absolute atomic E-state index is 0.0289. The van der Waals surface area contributed by atoms with E-state index < -0.39 is 29.1 Å². The van der Waals surface area contributed by atoms with Crippen molar-refractivity contribution < 1.29 is 28.9 Å². The predicted octanol–water partition coefficient (Wildman–Crippen LogP) is 4.57. The fourth-order valence-electron chi connectivity index (χ4n) is 3.58. The van der Waals surface area contributed by atoms with E-state index in [-0.39, 0.29) is 17.0 Å². The molecule has 2 heterocycles. The Morgan fingerprint density at radius 2 is 2.00 bits per heavy atom.